The van der Waals surface area contributed by atoms with Crippen LogP contribution in [0.4, 0.5) is 11.4 Å². The molecular formula is C13H15ClN2O2. The molecule has 1 aliphatic rings. The average molecular weight is 267 g/mol. The molecule has 1 aromatic carbocycles. The first-order chi connectivity index (χ1) is 8.45. The smallest absolute Gasteiger partial charge is 0.239 e. The Balaban J connectivity index is 2.24. The summed E-state index contributed by atoms with van der Waals surface area (Å²) in [5.41, 5.74) is 1.02. The van der Waals surface area contributed by atoms with E-state index >= 15 is 0 Å². The van der Waals surface area contributed by atoms with E-state index < -0.39 is 0 Å². The molecule has 0 unspecified atom stereocenters. The van der Waals surface area contributed by atoms with Crippen molar-refractivity contribution in [2.24, 2.45) is 5.41 Å². The highest BCUT2D eigenvalue weighted by atomic mass is 35.5. The lowest BCUT2D eigenvalue weighted by Gasteiger charge is -2.45. The summed E-state index contributed by atoms with van der Waals surface area (Å²) in [5, 5.41) is 2.69. The SMILES string of the molecule is CC1(C)CN(c2ccccc2NC(=O)CCl)C1=O. The van der Waals surface area contributed by atoms with Crippen molar-refractivity contribution in [1.29, 1.82) is 0 Å². The summed E-state index contributed by atoms with van der Waals surface area (Å²) in [4.78, 5) is 25.0. The Morgan fingerprint density at radius 1 is 1.44 bits per heavy atom. The topological polar surface area (TPSA) is 49.4 Å². The van der Waals surface area contributed by atoms with E-state index in [4.69, 9.17) is 11.6 Å². The van der Waals surface area contributed by atoms with E-state index in [1.54, 1.807) is 11.0 Å². The van der Waals surface area contributed by atoms with Gasteiger partial charge in [-0.2, -0.15) is 0 Å². The number of carbonyl (C=O) groups excluding carboxylic acids is 2. The third kappa shape index (κ3) is 2.20. The fourth-order valence-electron chi connectivity index (χ4n) is 2.00. The Morgan fingerprint density at radius 2 is 2.11 bits per heavy atom. The second kappa shape index (κ2) is 4.61. The van der Waals surface area contributed by atoms with Crippen LogP contribution in [0.5, 0.6) is 0 Å². The van der Waals surface area contributed by atoms with Gasteiger partial charge in [-0.3, -0.25) is 9.59 Å². The Hall–Kier alpha value is -1.55. The molecule has 1 fully saturated rings. The molecule has 2 amide bonds. The predicted molar refractivity (Wildman–Crippen MR) is 71.9 cm³/mol. The molecule has 0 aromatic heterocycles. The van der Waals surface area contributed by atoms with Crippen LogP contribution in [0.1, 0.15) is 13.8 Å². The van der Waals surface area contributed by atoms with Gasteiger partial charge in [-0.05, 0) is 26.0 Å². The summed E-state index contributed by atoms with van der Waals surface area (Å²) >= 11 is 5.46. The molecule has 4 nitrogen and oxygen atoms in total. The van der Waals surface area contributed by atoms with E-state index in [1.807, 2.05) is 32.0 Å². The number of carbonyl (C=O) groups is 2. The molecule has 5 heteroatoms. The number of para-hydroxylation sites is 2. The summed E-state index contributed by atoms with van der Waals surface area (Å²) in [6.07, 6.45) is 0. The Morgan fingerprint density at radius 3 is 2.67 bits per heavy atom. The van der Waals surface area contributed by atoms with Crippen molar-refractivity contribution in [1.82, 2.24) is 0 Å². The van der Waals surface area contributed by atoms with Gasteiger partial charge in [0.25, 0.3) is 0 Å². The van der Waals surface area contributed by atoms with E-state index in [9.17, 15) is 9.59 Å². The van der Waals surface area contributed by atoms with Crippen LogP contribution in [0, 0.1) is 5.41 Å². The predicted octanol–water partition coefficient (Wildman–Crippen LogP) is 2.24. The fourth-order valence-corrected chi connectivity index (χ4v) is 2.07. The molecule has 0 radical (unpaired) electrons. The van der Waals surface area contributed by atoms with Crippen molar-refractivity contribution in [3.05, 3.63) is 24.3 Å². The molecule has 0 bridgehead atoms. The third-order valence-corrected chi connectivity index (χ3v) is 3.21. The number of hydrogen-bond donors (Lipinski definition) is 1. The lowest BCUT2D eigenvalue weighted by molar-refractivity contribution is -0.132. The van der Waals surface area contributed by atoms with Gasteiger partial charge >= 0.3 is 0 Å². The lowest BCUT2D eigenvalue weighted by Crippen LogP contribution is -2.58. The molecular weight excluding hydrogens is 252 g/mol. The molecule has 96 valence electrons. The minimum atomic E-state index is -0.316. The number of hydrogen-bond acceptors (Lipinski definition) is 2. The quantitative estimate of drug-likeness (QED) is 0.674. The average Bonchev–Trinajstić information content (AvgIpc) is 2.36. The highest BCUT2D eigenvalue weighted by Gasteiger charge is 2.45. The first-order valence-corrected chi connectivity index (χ1v) is 6.26. The maximum atomic E-state index is 12.0. The largest absolute Gasteiger partial charge is 0.323 e. The van der Waals surface area contributed by atoms with Crippen molar-refractivity contribution < 1.29 is 9.59 Å². The van der Waals surface area contributed by atoms with E-state index in [-0.39, 0.29) is 23.1 Å². The van der Waals surface area contributed by atoms with Crippen LogP contribution in [0.15, 0.2) is 24.3 Å². The number of β-lactam (4-membered cyclic amide) rings is 1. The van der Waals surface area contributed by atoms with Crippen LogP contribution in [-0.4, -0.2) is 24.2 Å². The van der Waals surface area contributed by atoms with Crippen molar-refractivity contribution in [2.75, 3.05) is 22.6 Å². The molecule has 0 spiro atoms. The molecule has 1 heterocycles. The molecule has 0 atom stereocenters. The van der Waals surface area contributed by atoms with Gasteiger partial charge in [0.05, 0.1) is 16.8 Å². The molecule has 18 heavy (non-hydrogen) atoms. The van der Waals surface area contributed by atoms with Crippen molar-refractivity contribution in [3.63, 3.8) is 0 Å². The number of amides is 2. The van der Waals surface area contributed by atoms with Gasteiger partial charge in [0, 0.05) is 6.54 Å². The lowest BCUT2D eigenvalue weighted by atomic mass is 9.82. The molecule has 1 N–H and O–H groups in total. The van der Waals surface area contributed by atoms with Crippen molar-refractivity contribution in [3.8, 4) is 0 Å². The van der Waals surface area contributed by atoms with Crippen molar-refractivity contribution in [2.45, 2.75) is 13.8 Å². The third-order valence-electron chi connectivity index (χ3n) is 2.97. The zero-order chi connectivity index (χ0) is 13.3. The zero-order valence-electron chi connectivity index (χ0n) is 10.4. The minimum absolute atomic E-state index is 0.0649. The van der Waals surface area contributed by atoms with Crippen LogP contribution in [0.25, 0.3) is 0 Å². The maximum absolute atomic E-state index is 12.0. The van der Waals surface area contributed by atoms with Crippen LogP contribution in [0.3, 0.4) is 0 Å². The number of nitrogens with zero attached hydrogens (tertiary/aromatic N) is 1. The normalized spacial score (nSPS) is 17.3. The van der Waals surface area contributed by atoms with Gasteiger partial charge in [-0.15, -0.1) is 11.6 Å². The maximum Gasteiger partial charge on any atom is 0.239 e. The number of alkyl halides is 1. The molecule has 1 aliphatic heterocycles. The van der Waals surface area contributed by atoms with Gasteiger partial charge in [0.1, 0.15) is 5.88 Å². The number of halogens is 1. The standard InChI is InChI=1S/C13H15ClN2O2/c1-13(2)8-16(12(13)18)10-6-4-3-5-9(10)15-11(17)7-14/h3-6H,7-8H2,1-2H3,(H,15,17). The second-order valence-electron chi connectivity index (χ2n) is 4.97. The summed E-state index contributed by atoms with van der Waals surface area (Å²) in [7, 11) is 0. The van der Waals surface area contributed by atoms with E-state index in [1.165, 1.54) is 0 Å². The Labute approximate surface area is 111 Å². The van der Waals surface area contributed by atoms with Crippen LogP contribution < -0.4 is 10.2 Å². The first-order valence-electron chi connectivity index (χ1n) is 5.72. The number of nitrogens with one attached hydrogen (secondary N) is 1. The second-order valence-corrected chi connectivity index (χ2v) is 5.24. The van der Waals surface area contributed by atoms with Gasteiger partial charge in [0.15, 0.2) is 0 Å². The Bertz CT molecular complexity index is 500. The highest BCUT2D eigenvalue weighted by molar-refractivity contribution is 6.29. The fraction of sp³-hybridized carbons (Fsp3) is 0.385. The molecule has 1 saturated heterocycles. The van der Waals surface area contributed by atoms with Gasteiger partial charge in [-0.1, -0.05) is 12.1 Å². The molecule has 0 aliphatic carbocycles. The van der Waals surface area contributed by atoms with E-state index in [0.717, 1.165) is 5.69 Å². The van der Waals surface area contributed by atoms with E-state index in [0.29, 0.717) is 12.2 Å². The van der Waals surface area contributed by atoms with Gasteiger partial charge < -0.3 is 10.2 Å². The molecule has 1 aromatic rings. The summed E-state index contributed by atoms with van der Waals surface area (Å²) in [6.45, 7) is 4.47. The van der Waals surface area contributed by atoms with Gasteiger partial charge in [-0.25, -0.2) is 0 Å². The first kappa shape index (κ1) is 12.9. The van der Waals surface area contributed by atoms with E-state index in [2.05, 4.69) is 5.32 Å². The van der Waals surface area contributed by atoms with Crippen LogP contribution in [0.2, 0.25) is 0 Å². The number of benzene rings is 1. The minimum Gasteiger partial charge on any atom is -0.323 e. The van der Waals surface area contributed by atoms with Crippen LogP contribution in [-0.2, 0) is 9.59 Å². The number of anilines is 2. The number of rotatable bonds is 3. The molecule has 0 saturated carbocycles. The highest BCUT2D eigenvalue weighted by Crippen LogP contribution is 2.38. The summed E-state index contributed by atoms with van der Waals surface area (Å²) < 4.78 is 0. The van der Waals surface area contributed by atoms with Crippen LogP contribution >= 0.6 is 11.6 Å². The summed E-state index contributed by atoms with van der Waals surface area (Å²) in [6, 6.07) is 7.22. The van der Waals surface area contributed by atoms with Gasteiger partial charge in [0.2, 0.25) is 11.8 Å². The summed E-state index contributed by atoms with van der Waals surface area (Å²) in [5.74, 6) is -0.320. The Kier molecular flexibility index (Phi) is 3.30. The monoisotopic (exact) mass is 266 g/mol. The van der Waals surface area contributed by atoms with Crippen molar-refractivity contribution >= 4 is 34.8 Å². The zero-order valence-corrected chi connectivity index (χ0v) is 11.1. The molecule has 2 rings (SSSR count).